The highest BCUT2D eigenvalue weighted by Gasteiger charge is 2.19. The lowest BCUT2D eigenvalue weighted by atomic mass is 10.2. The van der Waals surface area contributed by atoms with Crippen LogP contribution in [-0.2, 0) is 6.54 Å². The van der Waals surface area contributed by atoms with Crippen LogP contribution in [-0.4, -0.2) is 24.0 Å². The third-order valence-corrected chi connectivity index (χ3v) is 3.03. The average Bonchev–Trinajstić information content (AvgIpc) is 2.56. The van der Waals surface area contributed by atoms with Gasteiger partial charge < -0.3 is 5.73 Å². The number of rotatable bonds is 2. The fourth-order valence-corrected chi connectivity index (χ4v) is 2.07. The van der Waals surface area contributed by atoms with Gasteiger partial charge in [-0.25, -0.2) is 0 Å². The van der Waals surface area contributed by atoms with Crippen LogP contribution in [0.2, 0.25) is 5.02 Å². The topological polar surface area (TPSA) is 29.3 Å². The molecule has 0 aromatic heterocycles. The van der Waals surface area contributed by atoms with Crippen molar-refractivity contribution in [2.75, 3.05) is 13.1 Å². The lowest BCUT2D eigenvalue weighted by molar-refractivity contribution is 0.327. The predicted octanol–water partition coefficient (Wildman–Crippen LogP) is 2.72. The van der Waals surface area contributed by atoms with E-state index in [1.807, 2.05) is 18.2 Å². The van der Waals surface area contributed by atoms with Gasteiger partial charge in [0.05, 0.1) is 0 Å². The van der Waals surface area contributed by atoms with Crippen molar-refractivity contribution in [3.63, 3.8) is 0 Å². The molecule has 1 aliphatic rings. The maximum Gasteiger partial charge on any atom is 0.0451 e. The second kappa shape index (κ2) is 7.36. The van der Waals surface area contributed by atoms with E-state index in [4.69, 9.17) is 17.3 Å². The molecule has 1 saturated heterocycles. The zero-order valence-corrected chi connectivity index (χ0v) is 11.3. The molecule has 0 radical (unpaired) electrons. The number of nitrogens with two attached hydrogens (primary N) is 1. The van der Waals surface area contributed by atoms with E-state index in [2.05, 4.69) is 11.0 Å². The number of benzene rings is 1. The monoisotopic (exact) mass is 282 g/mol. The van der Waals surface area contributed by atoms with Crippen molar-refractivity contribution in [1.29, 1.82) is 0 Å². The summed E-state index contributed by atoms with van der Waals surface area (Å²) in [6.45, 7) is 3.00. The van der Waals surface area contributed by atoms with Crippen LogP contribution in [0.3, 0.4) is 0 Å². The third-order valence-electron chi connectivity index (χ3n) is 2.66. The first-order valence-corrected chi connectivity index (χ1v) is 5.35. The van der Waals surface area contributed by atoms with Crippen molar-refractivity contribution in [2.45, 2.75) is 19.0 Å². The summed E-state index contributed by atoms with van der Waals surface area (Å²) >= 11 is 6.08. The van der Waals surface area contributed by atoms with Gasteiger partial charge in [-0.05, 0) is 18.1 Å². The minimum atomic E-state index is 0. The molecule has 92 valence electrons. The van der Waals surface area contributed by atoms with Crippen LogP contribution in [0.25, 0.3) is 0 Å². The van der Waals surface area contributed by atoms with Gasteiger partial charge >= 0.3 is 0 Å². The van der Waals surface area contributed by atoms with Crippen molar-refractivity contribution >= 4 is 36.4 Å². The molecule has 0 aliphatic carbocycles. The summed E-state index contributed by atoms with van der Waals surface area (Å²) in [7, 11) is 0. The molecule has 1 aromatic carbocycles. The van der Waals surface area contributed by atoms with Crippen LogP contribution in [0, 0.1) is 0 Å². The molecule has 0 saturated carbocycles. The van der Waals surface area contributed by atoms with E-state index in [0.29, 0.717) is 6.04 Å². The molecule has 2 N–H and O–H groups in total. The van der Waals surface area contributed by atoms with Crippen LogP contribution in [0.1, 0.15) is 12.0 Å². The fraction of sp³-hybridized carbons (Fsp3) is 0.455. The highest BCUT2D eigenvalue weighted by atomic mass is 35.5. The number of hydrogen-bond donors (Lipinski definition) is 1. The number of halogens is 3. The lowest BCUT2D eigenvalue weighted by Crippen LogP contribution is -2.26. The zero-order valence-electron chi connectivity index (χ0n) is 8.93. The van der Waals surface area contributed by atoms with Gasteiger partial charge in [-0.1, -0.05) is 29.8 Å². The fourth-order valence-electron chi connectivity index (χ4n) is 1.87. The SMILES string of the molecule is Cl.Cl.NC1CCN(Cc2ccccc2Cl)C1. The predicted molar refractivity (Wildman–Crippen MR) is 73.8 cm³/mol. The van der Waals surface area contributed by atoms with E-state index in [9.17, 15) is 0 Å². The van der Waals surface area contributed by atoms with Gasteiger partial charge in [-0.3, -0.25) is 4.90 Å². The first-order valence-electron chi connectivity index (χ1n) is 4.97. The Bertz CT molecular complexity index is 320. The third kappa shape index (κ3) is 4.11. The van der Waals surface area contributed by atoms with Gasteiger partial charge in [0.1, 0.15) is 0 Å². The molecule has 0 bridgehead atoms. The van der Waals surface area contributed by atoms with Crippen molar-refractivity contribution in [3.8, 4) is 0 Å². The second-order valence-corrected chi connectivity index (χ2v) is 4.28. The van der Waals surface area contributed by atoms with Crippen LogP contribution in [0.4, 0.5) is 0 Å². The molecule has 1 aromatic rings. The van der Waals surface area contributed by atoms with Crippen molar-refractivity contribution < 1.29 is 0 Å². The summed E-state index contributed by atoms with van der Waals surface area (Å²) in [4.78, 5) is 2.35. The molecular formula is C11H17Cl3N2. The maximum absolute atomic E-state index is 6.08. The van der Waals surface area contributed by atoms with Gasteiger partial charge in [0.2, 0.25) is 0 Å². The Kier molecular flexibility index (Phi) is 7.36. The standard InChI is InChI=1S/C11H15ClN2.2ClH/c12-11-4-2-1-3-9(11)7-14-6-5-10(13)8-14;;/h1-4,10H,5-8,13H2;2*1H. The molecule has 16 heavy (non-hydrogen) atoms. The molecule has 0 spiro atoms. The minimum Gasteiger partial charge on any atom is -0.326 e. The second-order valence-electron chi connectivity index (χ2n) is 3.88. The molecule has 1 fully saturated rings. The van der Waals surface area contributed by atoms with E-state index in [1.165, 1.54) is 5.56 Å². The Morgan fingerprint density at radius 2 is 2.00 bits per heavy atom. The summed E-state index contributed by atoms with van der Waals surface area (Å²) in [6.07, 6.45) is 1.10. The Morgan fingerprint density at radius 1 is 1.31 bits per heavy atom. The average molecular weight is 284 g/mol. The molecule has 2 nitrogen and oxygen atoms in total. The number of likely N-dealkylation sites (tertiary alicyclic amines) is 1. The first kappa shape index (κ1) is 16.0. The summed E-state index contributed by atoms with van der Waals surface area (Å²) < 4.78 is 0. The molecular weight excluding hydrogens is 266 g/mol. The molecule has 5 heteroatoms. The molecule has 2 rings (SSSR count). The van der Waals surface area contributed by atoms with E-state index < -0.39 is 0 Å². The van der Waals surface area contributed by atoms with Crippen molar-refractivity contribution in [3.05, 3.63) is 34.9 Å². The van der Waals surface area contributed by atoms with Crippen LogP contribution in [0.15, 0.2) is 24.3 Å². The number of nitrogens with zero attached hydrogens (tertiary/aromatic N) is 1. The van der Waals surface area contributed by atoms with E-state index >= 15 is 0 Å². The number of hydrogen-bond acceptors (Lipinski definition) is 2. The Balaban J connectivity index is 0.00000112. The Labute approximate surface area is 114 Å². The largest absolute Gasteiger partial charge is 0.326 e. The highest BCUT2D eigenvalue weighted by molar-refractivity contribution is 6.31. The molecule has 1 aliphatic heterocycles. The smallest absolute Gasteiger partial charge is 0.0451 e. The first-order chi connectivity index (χ1) is 6.75. The van der Waals surface area contributed by atoms with Gasteiger partial charge in [0.25, 0.3) is 0 Å². The van der Waals surface area contributed by atoms with Crippen LogP contribution in [0.5, 0.6) is 0 Å². The van der Waals surface area contributed by atoms with Crippen LogP contribution < -0.4 is 5.73 Å². The maximum atomic E-state index is 6.08. The van der Waals surface area contributed by atoms with E-state index in [0.717, 1.165) is 31.1 Å². The van der Waals surface area contributed by atoms with Crippen molar-refractivity contribution in [1.82, 2.24) is 4.90 Å². The van der Waals surface area contributed by atoms with E-state index in [-0.39, 0.29) is 24.8 Å². The van der Waals surface area contributed by atoms with Gasteiger partial charge in [-0.15, -0.1) is 24.8 Å². The van der Waals surface area contributed by atoms with E-state index in [1.54, 1.807) is 0 Å². The van der Waals surface area contributed by atoms with Crippen LogP contribution >= 0.6 is 36.4 Å². The van der Waals surface area contributed by atoms with Gasteiger partial charge in [0, 0.05) is 30.7 Å². The normalized spacial score (nSPS) is 20.0. The lowest BCUT2D eigenvalue weighted by Gasteiger charge is -2.15. The van der Waals surface area contributed by atoms with Crippen molar-refractivity contribution in [2.24, 2.45) is 5.73 Å². The van der Waals surface area contributed by atoms with Gasteiger partial charge in [0.15, 0.2) is 0 Å². The summed E-state index contributed by atoms with van der Waals surface area (Å²) in [5.74, 6) is 0. The van der Waals surface area contributed by atoms with Gasteiger partial charge in [-0.2, -0.15) is 0 Å². The Hall–Kier alpha value is 0.01000. The summed E-state index contributed by atoms with van der Waals surface area (Å²) in [5.41, 5.74) is 7.04. The molecule has 1 heterocycles. The Morgan fingerprint density at radius 3 is 2.56 bits per heavy atom. The zero-order chi connectivity index (χ0) is 9.97. The highest BCUT2D eigenvalue weighted by Crippen LogP contribution is 2.19. The molecule has 1 unspecified atom stereocenters. The minimum absolute atomic E-state index is 0. The molecule has 0 amide bonds. The summed E-state index contributed by atoms with van der Waals surface area (Å²) in [5, 5.41) is 0.855. The summed E-state index contributed by atoms with van der Waals surface area (Å²) in [6, 6.07) is 8.34. The quantitative estimate of drug-likeness (QED) is 0.904. The molecule has 1 atom stereocenters.